The fourth-order valence-corrected chi connectivity index (χ4v) is 4.24. The number of halogens is 2. The predicted octanol–water partition coefficient (Wildman–Crippen LogP) is 7.73. The zero-order valence-electron chi connectivity index (χ0n) is 16.8. The fraction of sp³-hybridized carbons (Fsp3) is 0.320. The standard InChI is InChI=1S/C25H26Cl2O/c1-16-22(14-18-7-11-21(27)12-8-18)24(28)19(15-23(16)25(2,3)4)13-17-5-9-20(26)10-6-17/h5-14,16,23H,15H2,1-4H3/b19-13+,22-14+. The molecule has 3 heteroatoms. The molecule has 1 nitrogen and oxygen atoms in total. The molecule has 0 amide bonds. The monoisotopic (exact) mass is 412 g/mol. The molecule has 1 fully saturated rings. The first-order valence-electron chi connectivity index (χ1n) is 9.63. The molecule has 1 saturated carbocycles. The molecule has 1 aliphatic rings. The van der Waals surface area contributed by atoms with Gasteiger partial charge in [0.2, 0.25) is 0 Å². The molecule has 0 radical (unpaired) electrons. The van der Waals surface area contributed by atoms with E-state index in [9.17, 15) is 4.79 Å². The molecule has 0 saturated heterocycles. The number of rotatable bonds is 2. The van der Waals surface area contributed by atoms with Gasteiger partial charge in [0, 0.05) is 21.2 Å². The molecule has 2 atom stereocenters. The van der Waals surface area contributed by atoms with Crippen molar-refractivity contribution in [1.82, 2.24) is 0 Å². The van der Waals surface area contributed by atoms with Crippen LogP contribution in [-0.4, -0.2) is 5.78 Å². The van der Waals surface area contributed by atoms with Crippen molar-refractivity contribution >= 4 is 41.1 Å². The van der Waals surface area contributed by atoms with Crippen molar-refractivity contribution < 1.29 is 4.79 Å². The van der Waals surface area contributed by atoms with Crippen molar-refractivity contribution in [1.29, 1.82) is 0 Å². The van der Waals surface area contributed by atoms with E-state index in [1.54, 1.807) is 0 Å². The predicted molar refractivity (Wildman–Crippen MR) is 121 cm³/mol. The lowest BCUT2D eigenvalue weighted by atomic mass is 9.63. The van der Waals surface area contributed by atoms with E-state index in [0.717, 1.165) is 28.7 Å². The quantitative estimate of drug-likeness (QED) is 0.461. The SMILES string of the molecule is CC1/C(=C\c2ccc(Cl)cc2)C(=O)/C(=C/c2ccc(Cl)cc2)CC1C(C)(C)C. The molecule has 2 unspecified atom stereocenters. The Morgan fingerprint density at radius 2 is 1.32 bits per heavy atom. The van der Waals surface area contributed by atoms with Crippen molar-refractivity contribution in [3.05, 3.63) is 80.8 Å². The average Bonchev–Trinajstić information content (AvgIpc) is 2.63. The summed E-state index contributed by atoms with van der Waals surface area (Å²) in [5, 5.41) is 1.39. The summed E-state index contributed by atoms with van der Waals surface area (Å²) in [7, 11) is 0. The lowest BCUT2D eigenvalue weighted by Crippen LogP contribution is -2.35. The summed E-state index contributed by atoms with van der Waals surface area (Å²) < 4.78 is 0. The normalized spacial score (nSPS) is 23.4. The summed E-state index contributed by atoms with van der Waals surface area (Å²) in [6.07, 6.45) is 4.82. The topological polar surface area (TPSA) is 17.1 Å². The molecular formula is C25H26Cl2O. The van der Waals surface area contributed by atoms with Gasteiger partial charge >= 0.3 is 0 Å². The summed E-state index contributed by atoms with van der Waals surface area (Å²) in [6, 6.07) is 15.3. The second-order valence-corrected chi connectivity index (χ2v) is 9.54. The Bertz CT molecular complexity index is 913. The molecule has 2 aromatic rings. The van der Waals surface area contributed by atoms with Crippen LogP contribution in [0.5, 0.6) is 0 Å². The molecule has 0 bridgehead atoms. The van der Waals surface area contributed by atoms with Gasteiger partial charge in [0.05, 0.1) is 0 Å². The molecule has 2 aromatic carbocycles. The zero-order valence-corrected chi connectivity index (χ0v) is 18.3. The van der Waals surface area contributed by atoms with E-state index in [2.05, 4.69) is 27.7 Å². The van der Waals surface area contributed by atoms with Gasteiger partial charge in [-0.1, -0.05) is 75.2 Å². The molecule has 3 rings (SSSR count). The Morgan fingerprint density at radius 1 is 0.857 bits per heavy atom. The van der Waals surface area contributed by atoms with Gasteiger partial charge in [0.1, 0.15) is 0 Å². The average molecular weight is 413 g/mol. The number of allylic oxidation sites excluding steroid dienone is 2. The van der Waals surface area contributed by atoms with Gasteiger partial charge in [-0.05, 0) is 71.2 Å². The van der Waals surface area contributed by atoms with Crippen molar-refractivity contribution in [2.24, 2.45) is 17.3 Å². The van der Waals surface area contributed by atoms with Gasteiger partial charge in [0.25, 0.3) is 0 Å². The first kappa shape index (κ1) is 20.9. The highest BCUT2D eigenvalue weighted by molar-refractivity contribution is 6.30. The van der Waals surface area contributed by atoms with Crippen LogP contribution in [-0.2, 0) is 4.79 Å². The molecule has 1 aliphatic carbocycles. The number of carbonyl (C=O) groups is 1. The van der Waals surface area contributed by atoms with Gasteiger partial charge in [-0.15, -0.1) is 0 Å². The van der Waals surface area contributed by atoms with Crippen molar-refractivity contribution in [3.8, 4) is 0 Å². The van der Waals surface area contributed by atoms with Crippen LogP contribution in [0.1, 0.15) is 45.2 Å². The Morgan fingerprint density at radius 3 is 1.79 bits per heavy atom. The minimum atomic E-state index is 0.0955. The van der Waals surface area contributed by atoms with E-state index in [-0.39, 0.29) is 17.1 Å². The van der Waals surface area contributed by atoms with E-state index in [4.69, 9.17) is 23.2 Å². The first-order valence-corrected chi connectivity index (χ1v) is 10.4. The van der Waals surface area contributed by atoms with E-state index >= 15 is 0 Å². The smallest absolute Gasteiger partial charge is 0.185 e. The van der Waals surface area contributed by atoms with Crippen molar-refractivity contribution in [2.45, 2.75) is 34.1 Å². The van der Waals surface area contributed by atoms with Crippen LogP contribution >= 0.6 is 23.2 Å². The van der Waals surface area contributed by atoms with Crippen LogP contribution < -0.4 is 0 Å². The number of benzene rings is 2. The second kappa shape index (κ2) is 8.27. The second-order valence-electron chi connectivity index (χ2n) is 8.67. The number of hydrogen-bond donors (Lipinski definition) is 0. The van der Waals surface area contributed by atoms with Crippen LogP contribution in [0.2, 0.25) is 10.0 Å². The van der Waals surface area contributed by atoms with Crippen LogP contribution in [0.15, 0.2) is 59.7 Å². The number of hydrogen-bond acceptors (Lipinski definition) is 1. The maximum Gasteiger partial charge on any atom is 0.185 e. The van der Waals surface area contributed by atoms with Crippen molar-refractivity contribution in [3.63, 3.8) is 0 Å². The molecule has 0 heterocycles. The third-order valence-electron chi connectivity index (χ3n) is 5.60. The molecule has 0 N–H and O–H groups in total. The lowest BCUT2D eigenvalue weighted by molar-refractivity contribution is -0.114. The van der Waals surface area contributed by atoms with Crippen molar-refractivity contribution in [2.75, 3.05) is 0 Å². The number of ketones is 1. The summed E-state index contributed by atoms with van der Waals surface area (Å²) in [6.45, 7) is 8.94. The number of carbonyl (C=O) groups excluding carboxylic acids is 1. The van der Waals surface area contributed by atoms with Crippen LogP contribution in [0, 0.1) is 17.3 Å². The third kappa shape index (κ3) is 4.77. The van der Waals surface area contributed by atoms with Gasteiger partial charge < -0.3 is 0 Å². The van der Waals surface area contributed by atoms with E-state index in [0.29, 0.717) is 16.0 Å². The van der Waals surface area contributed by atoms with Gasteiger partial charge in [-0.3, -0.25) is 4.79 Å². The van der Waals surface area contributed by atoms with Crippen LogP contribution in [0.3, 0.4) is 0 Å². The number of Topliss-reactive ketones (excluding diaryl/α,β-unsaturated/α-hetero) is 1. The molecular weight excluding hydrogens is 387 g/mol. The molecule has 0 aliphatic heterocycles. The minimum absolute atomic E-state index is 0.0955. The summed E-state index contributed by atoms with van der Waals surface area (Å²) in [5.74, 6) is 0.700. The minimum Gasteiger partial charge on any atom is -0.289 e. The largest absolute Gasteiger partial charge is 0.289 e. The Balaban J connectivity index is 2.05. The fourth-order valence-electron chi connectivity index (χ4n) is 3.99. The zero-order chi connectivity index (χ0) is 20.5. The van der Waals surface area contributed by atoms with E-state index < -0.39 is 0 Å². The van der Waals surface area contributed by atoms with Gasteiger partial charge in [-0.25, -0.2) is 0 Å². The third-order valence-corrected chi connectivity index (χ3v) is 6.11. The van der Waals surface area contributed by atoms with Crippen LogP contribution in [0.25, 0.3) is 12.2 Å². The molecule has 0 spiro atoms. The Kier molecular flexibility index (Phi) is 6.17. The Labute approximate surface area is 178 Å². The first-order chi connectivity index (χ1) is 13.1. The van der Waals surface area contributed by atoms with Gasteiger partial charge in [0.15, 0.2) is 5.78 Å². The maximum absolute atomic E-state index is 13.4. The summed E-state index contributed by atoms with van der Waals surface area (Å²) in [4.78, 5) is 13.4. The molecule has 0 aromatic heterocycles. The molecule has 28 heavy (non-hydrogen) atoms. The van der Waals surface area contributed by atoms with Crippen LogP contribution in [0.4, 0.5) is 0 Å². The van der Waals surface area contributed by atoms with Gasteiger partial charge in [-0.2, -0.15) is 0 Å². The molecule has 146 valence electrons. The summed E-state index contributed by atoms with van der Waals surface area (Å²) in [5.41, 5.74) is 3.83. The highest BCUT2D eigenvalue weighted by Crippen LogP contribution is 2.45. The summed E-state index contributed by atoms with van der Waals surface area (Å²) >= 11 is 12.0. The lowest BCUT2D eigenvalue weighted by Gasteiger charge is -2.40. The van der Waals surface area contributed by atoms with E-state index in [1.807, 2.05) is 60.7 Å². The van der Waals surface area contributed by atoms with E-state index in [1.165, 1.54) is 0 Å². The highest BCUT2D eigenvalue weighted by Gasteiger charge is 2.39. The Hall–Kier alpha value is -1.83. The highest BCUT2D eigenvalue weighted by atomic mass is 35.5. The maximum atomic E-state index is 13.4.